The van der Waals surface area contributed by atoms with Crippen LogP contribution in [-0.4, -0.2) is 30.3 Å². The number of hydrogen-bond donors (Lipinski definition) is 2. The van der Waals surface area contributed by atoms with E-state index in [2.05, 4.69) is 21.0 Å². The molecule has 11 heteroatoms. The molecule has 0 saturated heterocycles. The van der Waals surface area contributed by atoms with Crippen molar-refractivity contribution in [2.45, 2.75) is 19.5 Å². The molecule has 7 nitrogen and oxygen atoms in total. The maximum atomic E-state index is 12.6. The van der Waals surface area contributed by atoms with E-state index in [1.54, 1.807) is 12.1 Å². The molecule has 0 atom stereocenters. The van der Waals surface area contributed by atoms with Gasteiger partial charge in [-0.25, -0.2) is 0 Å². The molecule has 0 spiro atoms. The lowest BCUT2D eigenvalue weighted by atomic mass is 10.1. The summed E-state index contributed by atoms with van der Waals surface area (Å²) in [5, 5.41) is 8.84. The molecular weight excluding hydrogens is 433 g/mol. The number of carbonyl (C=O) groups is 1. The lowest BCUT2D eigenvalue weighted by Crippen LogP contribution is -2.29. The Bertz CT molecular complexity index is 1040. The van der Waals surface area contributed by atoms with Crippen LogP contribution in [0.4, 0.5) is 18.3 Å². The summed E-state index contributed by atoms with van der Waals surface area (Å²) in [7, 11) is 3.00. The van der Waals surface area contributed by atoms with Gasteiger partial charge in [0.2, 0.25) is 5.13 Å². The van der Waals surface area contributed by atoms with Crippen LogP contribution in [0.1, 0.15) is 32.1 Å². The number of alkyl halides is 3. The molecule has 0 radical (unpaired) electrons. The van der Waals surface area contributed by atoms with E-state index in [0.717, 1.165) is 17.7 Å². The monoisotopic (exact) mass is 452 g/mol. The van der Waals surface area contributed by atoms with Gasteiger partial charge in [-0.3, -0.25) is 15.6 Å². The Morgan fingerprint density at radius 2 is 1.68 bits per heavy atom. The van der Waals surface area contributed by atoms with Gasteiger partial charge in [-0.15, -0.1) is 10.2 Å². The SMILES string of the molecule is COc1cc(C(=O)NNc2nnc(Cc3ccc(C(F)(F)F)cc3)s2)cc(OC)c1C. The van der Waals surface area contributed by atoms with Crippen molar-refractivity contribution in [3.05, 3.63) is 63.7 Å². The van der Waals surface area contributed by atoms with Gasteiger partial charge in [-0.05, 0) is 36.8 Å². The van der Waals surface area contributed by atoms with Gasteiger partial charge in [0.05, 0.1) is 19.8 Å². The van der Waals surface area contributed by atoms with Crippen LogP contribution in [0.3, 0.4) is 0 Å². The molecule has 3 aromatic rings. The van der Waals surface area contributed by atoms with Crippen molar-refractivity contribution >= 4 is 22.4 Å². The minimum Gasteiger partial charge on any atom is -0.496 e. The summed E-state index contributed by atoms with van der Waals surface area (Å²) in [4.78, 5) is 12.5. The van der Waals surface area contributed by atoms with Gasteiger partial charge in [-0.2, -0.15) is 13.2 Å². The van der Waals surface area contributed by atoms with E-state index in [1.807, 2.05) is 6.92 Å². The molecule has 0 aliphatic carbocycles. The topological polar surface area (TPSA) is 85.4 Å². The normalized spacial score (nSPS) is 11.2. The average molecular weight is 452 g/mol. The van der Waals surface area contributed by atoms with E-state index in [4.69, 9.17) is 9.47 Å². The van der Waals surface area contributed by atoms with Gasteiger partial charge >= 0.3 is 6.18 Å². The zero-order valence-corrected chi connectivity index (χ0v) is 17.6. The molecular formula is C20H19F3N4O3S. The molecule has 0 unspecified atom stereocenters. The summed E-state index contributed by atoms with van der Waals surface area (Å²) in [5.74, 6) is 0.592. The predicted molar refractivity (Wildman–Crippen MR) is 110 cm³/mol. The zero-order valence-electron chi connectivity index (χ0n) is 16.8. The summed E-state index contributed by atoms with van der Waals surface area (Å²) >= 11 is 1.17. The molecule has 0 bridgehead atoms. The second-order valence-electron chi connectivity index (χ2n) is 6.46. The lowest BCUT2D eigenvalue weighted by Gasteiger charge is -2.12. The Morgan fingerprint density at radius 3 is 2.23 bits per heavy atom. The fraction of sp³-hybridized carbons (Fsp3) is 0.250. The molecule has 1 amide bonds. The van der Waals surface area contributed by atoms with Crippen LogP contribution in [-0.2, 0) is 12.6 Å². The number of aromatic nitrogens is 2. The number of rotatable bonds is 7. The van der Waals surface area contributed by atoms with Gasteiger partial charge in [0.25, 0.3) is 5.91 Å². The molecule has 2 N–H and O–H groups in total. The van der Waals surface area contributed by atoms with E-state index >= 15 is 0 Å². The van der Waals surface area contributed by atoms with Crippen molar-refractivity contribution in [3.63, 3.8) is 0 Å². The van der Waals surface area contributed by atoms with Gasteiger partial charge < -0.3 is 9.47 Å². The minimum absolute atomic E-state index is 0.317. The van der Waals surface area contributed by atoms with Crippen LogP contribution in [0.15, 0.2) is 36.4 Å². The maximum Gasteiger partial charge on any atom is 0.416 e. The van der Waals surface area contributed by atoms with E-state index in [1.165, 1.54) is 37.7 Å². The molecule has 2 aromatic carbocycles. The zero-order chi connectivity index (χ0) is 22.6. The molecule has 0 aliphatic rings. The highest BCUT2D eigenvalue weighted by Crippen LogP contribution is 2.30. The molecule has 1 aromatic heterocycles. The summed E-state index contributed by atoms with van der Waals surface area (Å²) in [6.45, 7) is 1.82. The van der Waals surface area contributed by atoms with Crippen molar-refractivity contribution in [2.75, 3.05) is 19.6 Å². The molecule has 31 heavy (non-hydrogen) atoms. The number of nitrogens with one attached hydrogen (secondary N) is 2. The Balaban J connectivity index is 1.62. The van der Waals surface area contributed by atoms with Gasteiger partial charge in [0.15, 0.2) is 0 Å². The molecule has 164 valence electrons. The van der Waals surface area contributed by atoms with E-state index in [0.29, 0.717) is 39.2 Å². The Hall–Kier alpha value is -3.34. The van der Waals surface area contributed by atoms with Crippen molar-refractivity contribution in [3.8, 4) is 11.5 Å². The highest BCUT2D eigenvalue weighted by molar-refractivity contribution is 7.15. The Labute approximate surface area is 180 Å². The van der Waals surface area contributed by atoms with E-state index in [9.17, 15) is 18.0 Å². The second kappa shape index (κ2) is 9.21. The Kier molecular flexibility index (Phi) is 6.64. The lowest BCUT2D eigenvalue weighted by molar-refractivity contribution is -0.137. The van der Waals surface area contributed by atoms with Crippen LogP contribution in [0, 0.1) is 6.92 Å². The van der Waals surface area contributed by atoms with Crippen molar-refractivity contribution in [1.82, 2.24) is 15.6 Å². The van der Waals surface area contributed by atoms with Crippen LogP contribution in [0.2, 0.25) is 0 Å². The molecule has 1 heterocycles. The minimum atomic E-state index is -4.37. The van der Waals surface area contributed by atoms with E-state index in [-0.39, 0.29) is 0 Å². The first kappa shape index (κ1) is 22.3. The average Bonchev–Trinajstić information content (AvgIpc) is 3.19. The third kappa shape index (κ3) is 5.43. The standard InChI is InChI=1S/C20H19F3N4O3S/c1-11-15(29-2)9-13(10-16(11)30-3)18(28)25-27-19-26-24-17(31-19)8-12-4-6-14(7-5-12)20(21,22)23/h4-7,9-10H,8H2,1-3H3,(H,25,28)(H,26,27). The maximum absolute atomic E-state index is 12.6. The Morgan fingerprint density at radius 1 is 1.06 bits per heavy atom. The summed E-state index contributed by atoms with van der Waals surface area (Å²) < 4.78 is 48.5. The number of ether oxygens (including phenoxy) is 2. The van der Waals surface area contributed by atoms with Gasteiger partial charge in [-0.1, -0.05) is 23.5 Å². The number of hydrazine groups is 1. The van der Waals surface area contributed by atoms with Gasteiger partial charge in [0.1, 0.15) is 16.5 Å². The number of amides is 1. The second-order valence-corrected chi connectivity index (χ2v) is 7.52. The van der Waals surface area contributed by atoms with Gasteiger partial charge in [0, 0.05) is 17.5 Å². The molecule has 3 rings (SSSR count). The third-order valence-electron chi connectivity index (χ3n) is 4.40. The van der Waals surface area contributed by atoms with Crippen LogP contribution >= 0.6 is 11.3 Å². The first-order valence-electron chi connectivity index (χ1n) is 8.98. The summed E-state index contributed by atoms with van der Waals surface area (Å²) in [5.41, 5.74) is 6.25. The number of hydrogen-bond acceptors (Lipinski definition) is 7. The molecule has 0 fully saturated rings. The quantitative estimate of drug-likeness (QED) is 0.522. The summed E-state index contributed by atoms with van der Waals surface area (Å²) in [6.07, 6.45) is -4.06. The number of benzene rings is 2. The van der Waals surface area contributed by atoms with Crippen molar-refractivity contribution < 1.29 is 27.4 Å². The largest absolute Gasteiger partial charge is 0.496 e. The number of methoxy groups -OCH3 is 2. The first-order valence-corrected chi connectivity index (χ1v) is 9.80. The summed E-state index contributed by atoms with van der Waals surface area (Å²) in [6, 6.07) is 8.03. The fourth-order valence-corrected chi connectivity index (χ4v) is 3.49. The number of carbonyl (C=O) groups excluding carboxylic acids is 1. The fourth-order valence-electron chi connectivity index (χ4n) is 2.76. The highest BCUT2D eigenvalue weighted by atomic mass is 32.1. The number of halogens is 3. The molecule has 0 saturated carbocycles. The van der Waals surface area contributed by atoms with Crippen LogP contribution < -0.4 is 20.3 Å². The molecule has 0 aliphatic heterocycles. The van der Waals surface area contributed by atoms with Crippen LogP contribution in [0.25, 0.3) is 0 Å². The highest BCUT2D eigenvalue weighted by Gasteiger charge is 2.29. The van der Waals surface area contributed by atoms with E-state index < -0.39 is 17.6 Å². The van der Waals surface area contributed by atoms with Crippen molar-refractivity contribution in [2.24, 2.45) is 0 Å². The smallest absolute Gasteiger partial charge is 0.416 e. The first-order chi connectivity index (χ1) is 14.7. The predicted octanol–water partition coefficient (Wildman–Crippen LogP) is 4.23. The third-order valence-corrected chi connectivity index (χ3v) is 5.24. The number of anilines is 1. The number of nitrogens with zero attached hydrogens (tertiary/aromatic N) is 2. The van der Waals surface area contributed by atoms with Crippen molar-refractivity contribution in [1.29, 1.82) is 0 Å². The van der Waals surface area contributed by atoms with Crippen LogP contribution in [0.5, 0.6) is 11.5 Å².